The van der Waals surface area contributed by atoms with E-state index in [4.69, 9.17) is 9.47 Å². The van der Waals surface area contributed by atoms with Gasteiger partial charge in [-0.15, -0.1) is 10.2 Å². The van der Waals surface area contributed by atoms with Gasteiger partial charge in [-0.1, -0.05) is 41.3 Å². The molecule has 32 heavy (non-hydrogen) atoms. The van der Waals surface area contributed by atoms with Crippen molar-refractivity contribution < 1.29 is 14.3 Å². The van der Waals surface area contributed by atoms with Crippen molar-refractivity contribution in [3.63, 3.8) is 0 Å². The van der Waals surface area contributed by atoms with Crippen LogP contribution in [-0.2, 0) is 11.4 Å². The number of ether oxygens (including phenoxy) is 2. The van der Waals surface area contributed by atoms with Gasteiger partial charge in [-0.05, 0) is 43.7 Å². The maximum Gasteiger partial charge on any atom is 0.250 e. The predicted octanol–water partition coefficient (Wildman–Crippen LogP) is 3.94. The fourth-order valence-corrected chi connectivity index (χ4v) is 4.19. The molecule has 1 amide bonds. The Labute approximate surface area is 194 Å². The molecule has 1 aromatic heterocycles. The zero-order valence-corrected chi connectivity index (χ0v) is 19.2. The van der Waals surface area contributed by atoms with E-state index in [1.54, 1.807) is 18.2 Å². The molecule has 0 aliphatic rings. The fraction of sp³-hybridized carbons (Fsp3) is 0.227. The highest BCUT2D eigenvalue weighted by atomic mass is 32.2. The van der Waals surface area contributed by atoms with Crippen LogP contribution in [0, 0.1) is 18.3 Å². The number of aromatic nitrogens is 2. The highest BCUT2D eigenvalue weighted by Crippen LogP contribution is 2.29. The lowest BCUT2D eigenvalue weighted by Crippen LogP contribution is -2.19. The molecule has 1 heterocycles. The van der Waals surface area contributed by atoms with Crippen LogP contribution >= 0.6 is 23.1 Å². The summed E-state index contributed by atoms with van der Waals surface area (Å²) in [5, 5.41) is 22.0. The molecule has 8 nitrogen and oxygen atoms in total. The summed E-state index contributed by atoms with van der Waals surface area (Å²) in [7, 11) is 0. The topological polar surface area (TPSA) is 109 Å². The first kappa shape index (κ1) is 23.2. The van der Waals surface area contributed by atoms with Crippen LogP contribution in [-0.4, -0.2) is 34.7 Å². The minimum Gasteiger partial charge on any atom is -0.490 e. The van der Waals surface area contributed by atoms with Gasteiger partial charge in [-0.3, -0.25) is 4.79 Å². The summed E-state index contributed by atoms with van der Waals surface area (Å²) >= 11 is 2.76. The number of aryl methyl sites for hydroxylation is 1. The van der Waals surface area contributed by atoms with Gasteiger partial charge in [0.05, 0.1) is 30.2 Å². The number of rotatable bonds is 10. The van der Waals surface area contributed by atoms with E-state index in [9.17, 15) is 10.1 Å². The second-order valence-electron chi connectivity index (χ2n) is 6.37. The summed E-state index contributed by atoms with van der Waals surface area (Å²) in [5.74, 6) is 1.08. The average Bonchev–Trinajstić information content (AvgIpc) is 3.22. The maximum absolute atomic E-state index is 12.0. The van der Waals surface area contributed by atoms with Crippen molar-refractivity contribution in [3.8, 4) is 17.6 Å². The second kappa shape index (κ2) is 11.8. The van der Waals surface area contributed by atoms with Crippen molar-refractivity contribution in [2.24, 2.45) is 5.10 Å². The number of hydrogen-bond acceptors (Lipinski definition) is 9. The molecule has 0 aliphatic heterocycles. The third-order valence-electron chi connectivity index (χ3n) is 4.03. The van der Waals surface area contributed by atoms with Gasteiger partial charge in [0.2, 0.25) is 0 Å². The van der Waals surface area contributed by atoms with E-state index in [2.05, 4.69) is 26.8 Å². The first-order valence-corrected chi connectivity index (χ1v) is 11.5. The van der Waals surface area contributed by atoms with Crippen molar-refractivity contribution in [2.75, 3.05) is 12.4 Å². The van der Waals surface area contributed by atoms with E-state index < -0.39 is 0 Å². The molecule has 0 atom stereocenters. The second-order valence-corrected chi connectivity index (χ2v) is 8.77. The molecular weight excluding hydrogens is 446 g/mol. The van der Waals surface area contributed by atoms with Gasteiger partial charge in [-0.25, -0.2) is 5.43 Å². The molecule has 10 heteroatoms. The minimum atomic E-state index is -0.236. The lowest BCUT2D eigenvalue weighted by atomic mass is 10.1. The lowest BCUT2D eigenvalue weighted by molar-refractivity contribution is -0.118. The molecule has 3 rings (SSSR count). The number of benzene rings is 2. The van der Waals surface area contributed by atoms with Gasteiger partial charge in [0.1, 0.15) is 11.6 Å². The average molecular weight is 468 g/mol. The monoisotopic (exact) mass is 467 g/mol. The van der Waals surface area contributed by atoms with E-state index in [0.717, 1.165) is 20.5 Å². The van der Waals surface area contributed by atoms with Gasteiger partial charge >= 0.3 is 0 Å². The molecule has 0 fully saturated rings. The lowest BCUT2D eigenvalue weighted by Gasteiger charge is -2.13. The number of thioether (sulfide) groups is 1. The van der Waals surface area contributed by atoms with E-state index in [0.29, 0.717) is 23.7 Å². The Morgan fingerprint density at radius 1 is 1.25 bits per heavy atom. The quantitative estimate of drug-likeness (QED) is 0.273. The SMILES string of the molecule is CCOc1cc(/C=N/NC(=O)CSc2nnc(C)s2)ccc1OCc1ccccc1C#N. The number of carbonyl (C=O) groups excluding carboxylic acids is 1. The highest BCUT2D eigenvalue weighted by molar-refractivity contribution is 8.01. The third kappa shape index (κ3) is 6.80. The van der Waals surface area contributed by atoms with Crippen LogP contribution in [0.2, 0.25) is 0 Å². The molecule has 2 aromatic carbocycles. The number of carbonyl (C=O) groups is 1. The molecule has 3 aromatic rings. The van der Waals surface area contributed by atoms with Gasteiger partial charge < -0.3 is 9.47 Å². The summed E-state index contributed by atoms with van der Waals surface area (Å²) in [6.07, 6.45) is 1.54. The molecule has 0 bridgehead atoms. The van der Waals surface area contributed by atoms with Crippen molar-refractivity contribution in [1.82, 2.24) is 15.6 Å². The Morgan fingerprint density at radius 2 is 2.09 bits per heavy atom. The van der Waals surface area contributed by atoms with Gasteiger partial charge in [0, 0.05) is 5.56 Å². The molecule has 0 radical (unpaired) electrons. The van der Waals surface area contributed by atoms with Crippen LogP contribution in [0.15, 0.2) is 51.9 Å². The minimum absolute atomic E-state index is 0.202. The smallest absolute Gasteiger partial charge is 0.250 e. The van der Waals surface area contributed by atoms with Crippen LogP contribution in [0.25, 0.3) is 0 Å². The summed E-state index contributed by atoms with van der Waals surface area (Å²) in [6.45, 7) is 4.46. The number of nitriles is 1. The Bertz CT molecular complexity index is 1140. The first-order valence-electron chi connectivity index (χ1n) is 9.71. The van der Waals surface area contributed by atoms with Crippen molar-refractivity contribution in [1.29, 1.82) is 5.26 Å². The maximum atomic E-state index is 12.0. The Morgan fingerprint density at radius 3 is 2.84 bits per heavy atom. The summed E-state index contributed by atoms with van der Waals surface area (Å²) in [5.41, 5.74) is 4.61. The molecular formula is C22H21N5O3S2. The van der Waals surface area contributed by atoms with Crippen LogP contribution in [0.4, 0.5) is 0 Å². The standard InChI is InChI=1S/C22H21N5O3S2/c1-3-29-20-10-16(12-24-26-21(28)14-31-22-27-25-15(2)32-22)8-9-19(20)30-13-18-7-5-4-6-17(18)11-23/h4-10,12H,3,13-14H2,1-2H3,(H,26,28)/b24-12+. The Kier molecular flexibility index (Phi) is 8.60. The van der Waals surface area contributed by atoms with Crippen LogP contribution in [0.3, 0.4) is 0 Å². The third-order valence-corrected chi connectivity index (χ3v) is 6.00. The number of nitrogens with zero attached hydrogens (tertiary/aromatic N) is 4. The molecule has 164 valence electrons. The number of nitrogens with one attached hydrogen (secondary N) is 1. The summed E-state index contributed by atoms with van der Waals surface area (Å²) in [6, 6.07) is 14.8. The summed E-state index contributed by atoms with van der Waals surface area (Å²) in [4.78, 5) is 12.0. The zero-order chi connectivity index (χ0) is 22.8. The van der Waals surface area contributed by atoms with E-state index in [1.165, 1.54) is 29.3 Å². The summed E-state index contributed by atoms with van der Waals surface area (Å²) < 4.78 is 12.3. The van der Waals surface area contributed by atoms with Crippen LogP contribution < -0.4 is 14.9 Å². The van der Waals surface area contributed by atoms with E-state index in [1.807, 2.05) is 38.1 Å². The van der Waals surface area contributed by atoms with Crippen molar-refractivity contribution >= 4 is 35.2 Å². The fourth-order valence-electron chi connectivity index (χ4n) is 2.58. The van der Waals surface area contributed by atoms with Crippen LogP contribution in [0.1, 0.15) is 28.6 Å². The van der Waals surface area contributed by atoms with E-state index in [-0.39, 0.29) is 18.3 Å². The Balaban J connectivity index is 1.58. The Hall–Kier alpha value is -3.42. The van der Waals surface area contributed by atoms with Crippen molar-refractivity contribution in [3.05, 3.63) is 64.2 Å². The zero-order valence-electron chi connectivity index (χ0n) is 17.6. The van der Waals surface area contributed by atoms with E-state index >= 15 is 0 Å². The number of hydrazone groups is 1. The number of hydrogen-bond donors (Lipinski definition) is 1. The predicted molar refractivity (Wildman–Crippen MR) is 124 cm³/mol. The first-order chi connectivity index (χ1) is 15.6. The molecule has 0 aliphatic carbocycles. The van der Waals surface area contributed by atoms with Crippen molar-refractivity contribution in [2.45, 2.75) is 24.8 Å². The highest BCUT2D eigenvalue weighted by Gasteiger charge is 2.09. The van der Waals surface area contributed by atoms with Gasteiger partial charge in [-0.2, -0.15) is 10.4 Å². The molecule has 0 saturated carbocycles. The number of amides is 1. The normalized spacial score (nSPS) is 10.7. The molecule has 0 unspecified atom stereocenters. The van der Waals surface area contributed by atoms with Gasteiger partial charge in [0.15, 0.2) is 15.8 Å². The molecule has 0 saturated heterocycles. The van der Waals surface area contributed by atoms with Crippen LogP contribution in [0.5, 0.6) is 11.5 Å². The largest absolute Gasteiger partial charge is 0.490 e. The molecule has 0 spiro atoms. The molecule has 1 N–H and O–H groups in total. The van der Waals surface area contributed by atoms with Gasteiger partial charge in [0.25, 0.3) is 5.91 Å².